The van der Waals surface area contributed by atoms with Crippen LogP contribution in [0.2, 0.25) is 0 Å². The molecule has 0 bridgehead atoms. The van der Waals surface area contributed by atoms with Gasteiger partial charge in [0.15, 0.2) is 17.4 Å². The molecular formula is C19H21F2N7. The average molecular weight is 385 g/mol. The van der Waals surface area contributed by atoms with Crippen molar-refractivity contribution >= 4 is 17.3 Å². The molecule has 1 aliphatic rings. The number of guanidine groups is 1. The van der Waals surface area contributed by atoms with Crippen molar-refractivity contribution in [3.8, 4) is 0 Å². The van der Waals surface area contributed by atoms with Crippen LogP contribution in [0.4, 0.5) is 14.5 Å². The highest BCUT2D eigenvalue weighted by Crippen LogP contribution is 2.26. The lowest BCUT2D eigenvalue weighted by Crippen LogP contribution is -2.44. The number of pyridine rings is 1. The maximum atomic E-state index is 14.0. The van der Waals surface area contributed by atoms with E-state index in [1.807, 2.05) is 28.8 Å². The summed E-state index contributed by atoms with van der Waals surface area (Å²) in [5.74, 6) is 0.289. The zero-order chi connectivity index (χ0) is 19.5. The van der Waals surface area contributed by atoms with Crippen molar-refractivity contribution in [1.29, 1.82) is 0 Å². The standard InChI is InChI=1S/C19H21F2N7/c1-22-19(23-11-17-26-25-16-7-2-3-9-28(16)17)24-13-8-10-27(12-13)18-14(20)5-4-6-15(18)21/h2-7,9,13H,8,10-12H2,1H3,(H2,22,23,24). The summed E-state index contributed by atoms with van der Waals surface area (Å²) in [6, 6.07) is 9.68. The lowest BCUT2D eigenvalue weighted by Gasteiger charge is -2.21. The van der Waals surface area contributed by atoms with Crippen LogP contribution in [0.15, 0.2) is 47.6 Å². The summed E-state index contributed by atoms with van der Waals surface area (Å²) in [6.07, 6.45) is 2.66. The van der Waals surface area contributed by atoms with Crippen LogP contribution in [0.25, 0.3) is 5.65 Å². The van der Waals surface area contributed by atoms with Gasteiger partial charge in [-0.25, -0.2) is 8.78 Å². The first-order chi connectivity index (χ1) is 13.7. The Bertz CT molecular complexity index is 981. The zero-order valence-corrected chi connectivity index (χ0v) is 15.4. The van der Waals surface area contributed by atoms with Crippen LogP contribution in [0.1, 0.15) is 12.2 Å². The van der Waals surface area contributed by atoms with E-state index in [0.717, 1.165) is 17.9 Å². The van der Waals surface area contributed by atoms with Crippen LogP contribution >= 0.6 is 0 Å². The lowest BCUT2D eigenvalue weighted by atomic mass is 10.2. The molecular weight excluding hydrogens is 364 g/mol. The van der Waals surface area contributed by atoms with E-state index in [1.165, 1.54) is 18.2 Å². The van der Waals surface area contributed by atoms with Gasteiger partial charge < -0.3 is 15.5 Å². The molecule has 4 rings (SSSR count). The molecule has 3 aromatic rings. The van der Waals surface area contributed by atoms with Gasteiger partial charge in [-0.15, -0.1) is 10.2 Å². The molecule has 1 unspecified atom stereocenters. The highest BCUT2D eigenvalue weighted by molar-refractivity contribution is 5.80. The number of para-hydroxylation sites is 1. The zero-order valence-electron chi connectivity index (χ0n) is 15.4. The fraction of sp³-hybridized carbons (Fsp3) is 0.316. The second kappa shape index (κ2) is 7.79. The molecule has 1 aliphatic heterocycles. The largest absolute Gasteiger partial charge is 0.365 e. The van der Waals surface area contributed by atoms with Crippen molar-refractivity contribution in [2.45, 2.75) is 19.0 Å². The first-order valence-electron chi connectivity index (χ1n) is 9.10. The van der Waals surface area contributed by atoms with Crippen molar-refractivity contribution in [3.05, 3.63) is 60.1 Å². The summed E-state index contributed by atoms with van der Waals surface area (Å²) in [4.78, 5) is 5.96. The third-order valence-corrected chi connectivity index (χ3v) is 4.80. The number of hydrogen-bond donors (Lipinski definition) is 2. The van der Waals surface area contributed by atoms with Crippen molar-refractivity contribution in [1.82, 2.24) is 25.2 Å². The van der Waals surface area contributed by atoms with Crippen LogP contribution < -0.4 is 15.5 Å². The van der Waals surface area contributed by atoms with Gasteiger partial charge in [0.05, 0.1) is 6.54 Å². The topological polar surface area (TPSA) is 69.8 Å². The summed E-state index contributed by atoms with van der Waals surface area (Å²) in [5.41, 5.74) is 0.810. The summed E-state index contributed by atoms with van der Waals surface area (Å²) in [5, 5.41) is 14.8. The number of aliphatic imine (C=N–C) groups is 1. The molecule has 1 atom stereocenters. The number of hydrogen-bond acceptors (Lipinski definition) is 4. The Morgan fingerprint density at radius 3 is 2.79 bits per heavy atom. The average Bonchev–Trinajstić information content (AvgIpc) is 3.32. The first-order valence-corrected chi connectivity index (χ1v) is 9.10. The summed E-state index contributed by atoms with van der Waals surface area (Å²) < 4.78 is 29.9. The third-order valence-electron chi connectivity index (χ3n) is 4.80. The van der Waals surface area contributed by atoms with E-state index in [1.54, 1.807) is 11.9 Å². The molecule has 2 N–H and O–H groups in total. The quantitative estimate of drug-likeness (QED) is 0.531. The van der Waals surface area contributed by atoms with E-state index < -0.39 is 11.6 Å². The van der Waals surface area contributed by atoms with E-state index in [4.69, 9.17) is 0 Å². The third kappa shape index (κ3) is 3.60. The molecule has 0 amide bonds. The van der Waals surface area contributed by atoms with E-state index >= 15 is 0 Å². The molecule has 0 radical (unpaired) electrons. The van der Waals surface area contributed by atoms with Gasteiger partial charge in [-0.3, -0.25) is 9.39 Å². The van der Waals surface area contributed by atoms with Crippen molar-refractivity contribution < 1.29 is 8.78 Å². The van der Waals surface area contributed by atoms with Gasteiger partial charge in [-0.05, 0) is 30.7 Å². The van der Waals surface area contributed by atoms with Crippen LogP contribution in [0.3, 0.4) is 0 Å². The fourth-order valence-electron chi connectivity index (χ4n) is 3.43. The Morgan fingerprint density at radius 1 is 1.18 bits per heavy atom. The van der Waals surface area contributed by atoms with Crippen molar-refractivity contribution in [2.24, 2.45) is 4.99 Å². The predicted molar refractivity (Wildman–Crippen MR) is 103 cm³/mol. The van der Waals surface area contributed by atoms with Crippen LogP contribution in [-0.2, 0) is 6.54 Å². The van der Waals surface area contributed by atoms with Gasteiger partial charge in [0.25, 0.3) is 0 Å². The Labute approximate surface area is 161 Å². The minimum Gasteiger partial charge on any atom is -0.365 e. The molecule has 2 aromatic heterocycles. The van der Waals surface area contributed by atoms with Gasteiger partial charge in [-0.1, -0.05) is 12.1 Å². The molecule has 1 saturated heterocycles. The number of nitrogens with zero attached hydrogens (tertiary/aromatic N) is 5. The number of rotatable bonds is 4. The van der Waals surface area contributed by atoms with Gasteiger partial charge in [0, 0.05) is 32.4 Å². The van der Waals surface area contributed by atoms with E-state index in [2.05, 4.69) is 25.8 Å². The summed E-state index contributed by atoms with van der Waals surface area (Å²) >= 11 is 0. The molecule has 7 nitrogen and oxygen atoms in total. The maximum absolute atomic E-state index is 14.0. The number of nitrogens with one attached hydrogen (secondary N) is 2. The molecule has 28 heavy (non-hydrogen) atoms. The van der Waals surface area contributed by atoms with Gasteiger partial charge in [0.1, 0.15) is 17.3 Å². The lowest BCUT2D eigenvalue weighted by molar-refractivity contribution is 0.575. The first kappa shape index (κ1) is 18.1. The molecule has 1 fully saturated rings. The highest BCUT2D eigenvalue weighted by atomic mass is 19.1. The van der Waals surface area contributed by atoms with E-state index in [0.29, 0.717) is 25.6 Å². The Hall–Kier alpha value is -3.23. The minimum atomic E-state index is -0.540. The van der Waals surface area contributed by atoms with Crippen LogP contribution in [0, 0.1) is 11.6 Å². The molecule has 0 spiro atoms. The minimum absolute atomic E-state index is 0.0281. The Balaban J connectivity index is 1.37. The smallest absolute Gasteiger partial charge is 0.191 e. The van der Waals surface area contributed by atoms with Gasteiger partial charge >= 0.3 is 0 Å². The molecule has 9 heteroatoms. The molecule has 1 aromatic carbocycles. The van der Waals surface area contributed by atoms with E-state index in [9.17, 15) is 8.78 Å². The van der Waals surface area contributed by atoms with Crippen molar-refractivity contribution in [2.75, 3.05) is 25.0 Å². The number of aromatic nitrogens is 3. The van der Waals surface area contributed by atoms with Crippen LogP contribution in [-0.4, -0.2) is 46.7 Å². The summed E-state index contributed by atoms with van der Waals surface area (Å²) in [6.45, 7) is 1.51. The number of benzene rings is 1. The number of anilines is 1. The number of halogens is 2. The predicted octanol–water partition coefficient (Wildman–Crippen LogP) is 1.95. The molecule has 0 saturated carbocycles. The highest BCUT2D eigenvalue weighted by Gasteiger charge is 2.27. The fourth-order valence-corrected chi connectivity index (χ4v) is 3.43. The Kier molecular flexibility index (Phi) is 5.05. The van der Waals surface area contributed by atoms with E-state index in [-0.39, 0.29) is 11.7 Å². The van der Waals surface area contributed by atoms with Gasteiger partial charge in [-0.2, -0.15) is 0 Å². The second-order valence-corrected chi connectivity index (χ2v) is 6.62. The Morgan fingerprint density at radius 2 is 2.00 bits per heavy atom. The normalized spacial score (nSPS) is 17.3. The number of fused-ring (bicyclic) bond motifs is 1. The molecule has 146 valence electrons. The molecule has 3 heterocycles. The monoisotopic (exact) mass is 385 g/mol. The maximum Gasteiger partial charge on any atom is 0.191 e. The molecule has 0 aliphatic carbocycles. The van der Waals surface area contributed by atoms with Crippen LogP contribution in [0.5, 0.6) is 0 Å². The second-order valence-electron chi connectivity index (χ2n) is 6.62. The van der Waals surface area contributed by atoms with Crippen molar-refractivity contribution in [3.63, 3.8) is 0 Å². The van der Waals surface area contributed by atoms with Gasteiger partial charge in [0.2, 0.25) is 0 Å². The summed E-state index contributed by atoms with van der Waals surface area (Å²) in [7, 11) is 1.68. The SMILES string of the molecule is CN=C(NCc1nnc2ccccn12)NC1CCN(c2c(F)cccc2F)C1.